The predicted molar refractivity (Wildman–Crippen MR) is 75.7 cm³/mol. The maximum Gasteiger partial charge on any atom is 0.223 e. The van der Waals surface area contributed by atoms with Crippen molar-refractivity contribution in [2.45, 2.75) is 45.1 Å². The van der Waals surface area contributed by atoms with Crippen LogP contribution in [0.4, 0.5) is 17.6 Å². The number of aromatic nitrogens is 2. The molecule has 1 saturated carbocycles. The highest BCUT2D eigenvalue weighted by Gasteiger charge is 2.20. The normalized spacial score (nSPS) is 24.3. The summed E-state index contributed by atoms with van der Waals surface area (Å²) in [6.07, 6.45) is 6.47. The van der Waals surface area contributed by atoms with E-state index in [1.54, 1.807) is 0 Å². The van der Waals surface area contributed by atoms with E-state index in [1.165, 1.54) is 32.1 Å². The molecule has 0 spiro atoms. The van der Waals surface area contributed by atoms with Crippen molar-refractivity contribution in [1.82, 2.24) is 9.97 Å². The van der Waals surface area contributed by atoms with Gasteiger partial charge in [-0.15, -0.1) is 0 Å². The number of nitrogens with two attached hydrogens (primary N) is 1. The number of nitrogens with zero attached hydrogens (tertiary/aromatic N) is 2. The van der Waals surface area contributed by atoms with Gasteiger partial charge in [-0.1, -0.05) is 26.2 Å². The Bertz CT molecular complexity index is 393. The van der Waals surface area contributed by atoms with E-state index >= 15 is 0 Å². The number of anilines is 3. The van der Waals surface area contributed by atoms with E-state index in [9.17, 15) is 0 Å². The van der Waals surface area contributed by atoms with E-state index in [1.807, 2.05) is 13.1 Å². The van der Waals surface area contributed by atoms with E-state index in [2.05, 4.69) is 27.5 Å². The van der Waals surface area contributed by atoms with Crippen LogP contribution in [0.5, 0.6) is 0 Å². The molecular formula is C13H23N5. The molecule has 2 unspecified atom stereocenters. The second-order valence-corrected chi connectivity index (χ2v) is 5.11. The summed E-state index contributed by atoms with van der Waals surface area (Å²) >= 11 is 0. The quantitative estimate of drug-likeness (QED) is 0.717. The molecule has 1 aromatic heterocycles. The number of nitrogens with one attached hydrogen (secondary N) is 2. The van der Waals surface area contributed by atoms with Crippen LogP contribution >= 0.6 is 0 Å². The number of hydrogen-bond donors (Lipinski definition) is 3. The Morgan fingerprint density at radius 2 is 1.89 bits per heavy atom. The first-order valence-electron chi connectivity index (χ1n) is 6.78. The Morgan fingerprint density at radius 1 is 1.17 bits per heavy atom. The molecule has 0 radical (unpaired) electrons. The maximum absolute atomic E-state index is 5.70. The molecule has 0 saturated heterocycles. The van der Waals surface area contributed by atoms with Crippen LogP contribution in [0.2, 0.25) is 0 Å². The van der Waals surface area contributed by atoms with Crippen molar-refractivity contribution in [2.75, 3.05) is 23.4 Å². The average Bonchev–Trinajstić information content (AvgIpc) is 2.54. The Balaban J connectivity index is 2.09. The summed E-state index contributed by atoms with van der Waals surface area (Å²) in [5, 5.41) is 6.51. The second-order valence-electron chi connectivity index (χ2n) is 5.11. The fraction of sp³-hybridized carbons (Fsp3) is 0.692. The molecule has 5 nitrogen and oxygen atoms in total. The van der Waals surface area contributed by atoms with Crippen molar-refractivity contribution < 1.29 is 0 Å². The monoisotopic (exact) mass is 249 g/mol. The third-order valence-electron chi connectivity index (χ3n) is 3.69. The van der Waals surface area contributed by atoms with Gasteiger partial charge < -0.3 is 16.4 Å². The molecule has 1 aliphatic carbocycles. The lowest BCUT2D eigenvalue weighted by molar-refractivity contribution is 0.455. The molecule has 1 heterocycles. The summed E-state index contributed by atoms with van der Waals surface area (Å²) in [7, 11) is 1.83. The molecule has 1 fully saturated rings. The van der Waals surface area contributed by atoms with E-state index in [0.717, 1.165) is 11.6 Å². The Labute approximate surface area is 109 Å². The van der Waals surface area contributed by atoms with Crippen LogP contribution in [-0.4, -0.2) is 23.1 Å². The zero-order chi connectivity index (χ0) is 13.0. The molecular weight excluding hydrogens is 226 g/mol. The van der Waals surface area contributed by atoms with Gasteiger partial charge in [-0.05, 0) is 18.8 Å². The Kier molecular flexibility index (Phi) is 4.23. The predicted octanol–water partition coefficient (Wildman–Crippen LogP) is 2.48. The van der Waals surface area contributed by atoms with Gasteiger partial charge in [-0.2, -0.15) is 9.97 Å². The topological polar surface area (TPSA) is 75.9 Å². The van der Waals surface area contributed by atoms with Crippen LogP contribution in [0.1, 0.15) is 39.0 Å². The van der Waals surface area contributed by atoms with Crippen LogP contribution in [0.3, 0.4) is 0 Å². The van der Waals surface area contributed by atoms with E-state index in [4.69, 9.17) is 5.73 Å². The molecule has 5 heteroatoms. The van der Waals surface area contributed by atoms with Crippen molar-refractivity contribution in [1.29, 1.82) is 0 Å². The number of rotatable bonds is 3. The first kappa shape index (κ1) is 12.9. The lowest BCUT2D eigenvalue weighted by atomic mass is 9.97. The van der Waals surface area contributed by atoms with Crippen LogP contribution in [-0.2, 0) is 0 Å². The molecule has 1 aromatic rings. The first-order chi connectivity index (χ1) is 8.69. The van der Waals surface area contributed by atoms with Crippen LogP contribution in [0.25, 0.3) is 0 Å². The van der Waals surface area contributed by atoms with Crippen molar-refractivity contribution >= 4 is 17.6 Å². The van der Waals surface area contributed by atoms with Crippen LogP contribution < -0.4 is 16.4 Å². The minimum atomic E-state index is 0.311. The average molecular weight is 249 g/mol. The van der Waals surface area contributed by atoms with Crippen molar-refractivity contribution in [2.24, 2.45) is 5.92 Å². The second kappa shape index (κ2) is 5.89. The number of nitrogen functional groups attached to an aromatic ring is 1. The van der Waals surface area contributed by atoms with E-state index in [-0.39, 0.29) is 0 Å². The maximum atomic E-state index is 5.70. The lowest BCUT2D eigenvalue weighted by Gasteiger charge is -2.23. The van der Waals surface area contributed by atoms with Crippen molar-refractivity contribution in [3.05, 3.63) is 6.07 Å². The molecule has 0 amide bonds. The van der Waals surface area contributed by atoms with Gasteiger partial charge in [0, 0.05) is 19.2 Å². The molecule has 4 N–H and O–H groups in total. The minimum Gasteiger partial charge on any atom is -0.373 e. The third-order valence-corrected chi connectivity index (χ3v) is 3.69. The van der Waals surface area contributed by atoms with Crippen LogP contribution in [0, 0.1) is 5.92 Å². The Morgan fingerprint density at radius 3 is 2.67 bits per heavy atom. The van der Waals surface area contributed by atoms with E-state index < -0.39 is 0 Å². The molecule has 2 atom stereocenters. The molecule has 0 aliphatic heterocycles. The van der Waals surface area contributed by atoms with Gasteiger partial charge in [0.15, 0.2) is 0 Å². The molecule has 2 rings (SSSR count). The number of hydrogen-bond acceptors (Lipinski definition) is 5. The van der Waals surface area contributed by atoms with Gasteiger partial charge in [0.05, 0.1) is 0 Å². The Hall–Kier alpha value is -1.52. The summed E-state index contributed by atoms with van der Waals surface area (Å²) in [5.74, 6) is 2.57. The molecule has 100 valence electrons. The summed E-state index contributed by atoms with van der Waals surface area (Å²) in [5.41, 5.74) is 5.70. The zero-order valence-corrected chi connectivity index (χ0v) is 11.2. The standard InChI is InChI=1S/C13H23N5/c1-9-6-4-3-5-7-10(9)16-12-8-11(15-2)17-13(14)18-12/h8-10H,3-7H2,1-2H3,(H4,14,15,16,17,18). The van der Waals surface area contributed by atoms with Gasteiger partial charge in [-0.3, -0.25) is 0 Å². The fourth-order valence-corrected chi connectivity index (χ4v) is 2.57. The zero-order valence-electron chi connectivity index (χ0n) is 11.2. The van der Waals surface area contributed by atoms with Gasteiger partial charge in [0.25, 0.3) is 0 Å². The summed E-state index contributed by atoms with van der Waals surface area (Å²) in [6, 6.07) is 2.40. The summed E-state index contributed by atoms with van der Waals surface area (Å²) < 4.78 is 0. The van der Waals surface area contributed by atoms with Crippen molar-refractivity contribution in [3.63, 3.8) is 0 Å². The first-order valence-corrected chi connectivity index (χ1v) is 6.78. The smallest absolute Gasteiger partial charge is 0.223 e. The SMILES string of the molecule is CNc1cc(NC2CCCCCC2C)nc(N)n1. The lowest BCUT2D eigenvalue weighted by Crippen LogP contribution is -2.27. The van der Waals surface area contributed by atoms with Gasteiger partial charge in [0.1, 0.15) is 11.6 Å². The highest BCUT2D eigenvalue weighted by molar-refractivity contribution is 5.51. The highest BCUT2D eigenvalue weighted by Crippen LogP contribution is 2.26. The van der Waals surface area contributed by atoms with Crippen LogP contribution in [0.15, 0.2) is 6.07 Å². The third kappa shape index (κ3) is 3.24. The van der Waals surface area contributed by atoms with E-state index in [0.29, 0.717) is 17.9 Å². The summed E-state index contributed by atoms with van der Waals surface area (Å²) in [4.78, 5) is 8.36. The molecule has 0 bridgehead atoms. The van der Waals surface area contributed by atoms with Gasteiger partial charge >= 0.3 is 0 Å². The molecule has 1 aliphatic rings. The highest BCUT2D eigenvalue weighted by atomic mass is 15.1. The minimum absolute atomic E-state index is 0.311. The molecule has 18 heavy (non-hydrogen) atoms. The summed E-state index contributed by atoms with van der Waals surface area (Å²) in [6.45, 7) is 2.31. The van der Waals surface area contributed by atoms with Crippen molar-refractivity contribution in [3.8, 4) is 0 Å². The van der Waals surface area contributed by atoms with Gasteiger partial charge in [0.2, 0.25) is 5.95 Å². The molecule has 0 aromatic carbocycles. The largest absolute Gasteiger partial charge is 0.373 e. The van der Waals surface area contributed by atoms with Gasteiger partial charge in [-0.25, -0.2) is 0 Å². The fourth-order valence-electron chi connectivity index (χ4n) is 2.57.